The van der Waals surface area contributed by atoms with Gasteiger partial charge in [-0.15, -0.1) is 0 Å². The van der Waals surface area contributed by atoms with Gasteiger partial charge >= 0.3 is 0 Å². The maximum absolute atomic E-state index is 11.4. The largest absolute Gasteiger partial charge is 0.492 e. The number of amides is 1. The van der Waals surface area contributed by atoms with Crippen molar-refractivity contribution in [3.63, 3.8) is 0 Å². The molecule has 3 aromatic rings. The molecule has 0 bridgehead atoms. The molecule has 0 aliphatic rings. The predicted octanol–water partition coefficient (Wildman–Crippen LogP) is 4.08. The molecule has 0 fully saturated rings. The van der Waals surface area contributed by atoms with E-state index in [0.717, 1.165) is 22.6 Å². The fourth-order valence-electron chi connectivity index (χ4n) is 3.14. The summed E-state index contributed by atoms with van der Waals surface area (Å²) in [6.45, 7) is 9.59. The molecule has 0 atom stereocenters. The Labute approximate surface area is 166 Å². The van der Waals surface area contributed by atoms with Crippen molar-refractivity contribution < 1.29 is 9.53 Å². The van der Waals surface area contributed by atoms with Crippen LogP contribution in [-0.4, -0.2) is 28.6 Å². The molecular formula is C23H27N3O2. The van der Waals surface area contributed by atoms with Crippen LogP contribution < -0.4 is 10.1 Å². The first-order valence-electron chi connectivity index (χ1n) is 9.65. The second-order valence-electron chi connectivity index (χ2n) is 6.99. The summed E-state index contributed by atoms with van der Waals surface area (Å²) in [6.07, 6.45) is 1.93. The summed E-state index contributed by atoms with van der Waals surface area (Å²) in [5.74, 6) is 2.14. The molecule has 3 rings (SSSR count). The number of benzene rings is 2. The lowest BCUT2D eigenvalue weighted by Crippen LogP contribution is -2.24. The number of rotatable bonds is 9. The van der Waals surface area contributed by atoms with Gasteiger partial charge in [0.15, 0.2) is 0 Å². The Kier molecular flexibility index (Phi) is 6.48. The van der Waals surface area contributed by atoms with Crippen LogP contribution in [0.4, 0.5) is 0 Å². The maximum atomic E-state index is 11.4. The molecular weight excluding hydrogens is 350 g/mol. The minimum absolute atomic E-state index is 0.171. The van der Waals surface area contributed by atoms with E-state index >= 15 is 0 Å². The Bertz CT molecular complexity index is 942. The molecule has 1 amide bonds. The first-order chi connectivity index (χ1) is 13.6. The molecule has 146 valence electrons. The second kappa shape index (κ2) is 9.22. The van der Waals surface area contributed by atoms with Gasteiger partial charge in [0.05, 0.1) is 17.6 Å². The monoisotopic (exact) mass is 377 g/mol. The van der Waals surface area contributed by atoms with E-state index < -0.39 is 0 Å². The molecule has 2 aromatic carbocycles. The molecule has 0 radical (unpaired) electrons. The fraction of sp³-hybridized carbons (Fsp3) is 0.304. The molecule has 5 heteroatoms. The van der Waals surface area contributed by atoms with Gasteiger partial charge in [-0.2, -0.15) is 0 Å². The molecule has 0 unspecified atom stereocenters. The second-order valence-corrected chi connectivity index (χ2v) is 6.99. The van der Waals surface area contributed by atoms with Crippen LogP contribution in [0.3, 0.4) is 0 Å². The molecule has 0 spiro atoms. The zero-order valence-electron chi connectivity index (χ0n) is 16.5. The first-order valence-corrected chi connectivity index (χ1v) is 9.65. The summed E-state index contributed by atoms with van der Waals surface area (Å²) in [6, 6.07) is 16.3. The summed E-state index contributed by atoms with van der Waals surface area (Å²) in [7, 11) is 0. The van der Waals surface area contributed by atoms with Crippen LogP contribution in [0.5, 0.6) is 5.75 Å². The summed E-state index contributed by atoms with van der Waals surface area (Å²) in [5.41, 5.74) is 3.33. The normalized spacial score (nSPS) is 11.0. The Balaban J connectivity index is 1.67. The fourth-order valence-corrected chi connectivity index (χ4v) is 3.14. The van der Waals surface area contributed by atoms with Gasteiger partial charge in [-0.1, -0.05) is 44.7 Å². The number of carbonyl (C=O) groups is 1. The Morgan fingerprint density at radius 2 is 1.96 bits per heavy atom. The summed E-state index contributed by atoms with van der Waals surface area (Å²) in [4.78, 5) is 16.1. The number of nitrogens with zero attached hydrogens (tertiary/aromatic N) is 2. The van der Waals surface area contributed by atoms with Crippen molar-refractivity contribution in [2.75, 3.05) is 13.2 Å². The van der Waals surface area contributed by atoms with Crippen LogP contribution in [0.25, 0.3) is 11.0 Å². The van der Waals surface area contributed by atoms with Crippen molar-refractivity contribution in [2.24, 2.45) is 0 Å². The van der Waals surface area contributed by atoms with E-state index in [0.29, 0.717) is 32.0 Å². The minimum Gasteiger partial charge on any atom is -0.492 e. The number of fused-ring (bicyclic) bond motifs is 1. The average Bonchev–Trinajstić information content (AvgIpc) is 3.06. The third-order valence-corrected chi connectivity index (χ3v) is 4.70. The van der Waals surface area contributed by atoms with E-state index in [1.807, 2.05) is 30.3 Å². The van der Waals surface area contributed by atoms with Crippen LogP contribution in [0, 0.1) is 0 Å². The van der Waals surface area contributed by atoms with Crippen molar-refractivity contribution >= 4 is 16.9 Å². The van der Waals surface area contributed by atoms with Crippen molar-refractivity contribution in [3.05, 3.63) is 72.6 Å². The van der Waals surface area contributed by atoms with Gasteiger partial charge in [0.25, 0.3) is 0 Å². The highest BCUT2D eigenvalue weighted by Gasteiger charge is 2.11. The maximum Gasteiger partial charge on any atom is 0.243 e. The van der Waals surface area contributed by atoms with E-state index in [4.69, 9.17) is 9.72 Å². The van der Waals surface area contributed by atoms with Crippen LogP contribution >= 0.6 is 0 Å². The molecule has 1 N–H and O–H groups in total. The number of hydrogen-bond donors (Lipinski definition) is 1. The molecule has 5 nitrogen and oxygen atoms in total. The summed E-state index contributed by atoms with van der Waals surface area (Å²) < 4.78 is 8.11. The predicted molar refractivity (Wildman–Crippen MR) is 113 cm³/mol. The lowest BCUT2D eigenvalue weighted by Gasteiger charge is -2.12. The Morgan fingerprint density at radius 1 is 1.21 bits per heavy atom. The quantitative estimate of drug-likeness (QED) is 0.572. The first kappa shape index (κ1) is 19.7. The number of para-hydroxylation sites is 2. The Morgan fingerprint density at radius 3 is 2.68 bits per heavy atom. The number of carbonyl (C=O) groups excluding carboxylic acids is 1. The van der Waals surface area contributed by atoms with Crippen LogP contribution in [-0.2, 0) is 17.8 Å². The zero-order chi connectivity index (χ0) is 19.9. The van der Waals surface area contributed by atoms with Crippen LogP contribution in [0.15, 0.2) is 61.2 Å². The smallest absolute Gasteiger partial charge is 0.243 e. The van der Waals surface area contributed by atoms with Gasteiger partial charge in [-0.3, -0.25) is 4.79 Å². The highest BCUT2D eigenvalue weighted by Crippen LogP contribution is 2.20. The van der Waals surface area contributed by atoms with Gasteiger partial charge < -0.3 is 14.6 Å². The van der Waals surface area contributed by atoms with Gasteiger partial charge in [0.1, 0.15) is 18.2 Å². The molecule has 0 aliphatic carbocycles. The highest BCUT2D eigenvalue weighted by atomic mass is 16.5. The molecule has 0 saturated carbocycles. The van der Waals surface area contributed by atoms with Crippen LogP contribution in [0.1, 0.15) is 31.2 Å². The number of aromatic nitrogens is 2. The van der Waals surface area contributed by atoms with Gasteiger partial charge in [0.2, 0.25) is 5.91 Å². The van der Waals surface area contributed by atoms with E-state index in [9.17, 15) is 4.79 Å². The topological polar surface area (TPSA) is 56.2 Å². The number of imidazole rings is 1. The van der Waals surface area contributed by atoms with Gasteiger partial charge in [-0.05, 0) is 41.8 Å². The van der Waals surface area contributed by atoms with E-state index in [1.165, 1.54) is 11.6 Å². The number of hydrogen-bond acceptors (Lipinski definition) is 3. The van der Waals surface area contributed by atoms with Gasteiger partial charge in [0, 0.05) is 13.0 Å². The number of ether oxygens (including phenoxy) is 1. The lowest BCUT2D eigenvalue weighted by molar-refractivity contribution is -0.116. The minimum atomic E-state index is -0.171. The molecule has 1 aromatic heterocycles. The number of nitrogens with one attached hydrogen (secondary N) is 1. The van der Waals surface area contributed by atoms with E-state index in [-0.39, 0.29) is 5.91 Å². The summed E-state index contributed by atoms with van der Waals surface area (Å²) in [5, 5.41) is 2.81. The van der Waals surface area contributed by atoms with Crippen molar-refractivity contribution in [1.82, 2.24) is 14.9 Å². The SMILES string of the molecule is C=CC(=O)NCCc1nc2ccccc2n1CCOc1ccc(C(C)C)cc1. The van der Waals surface area contributed by atoms with E-state index in [2.05, 4.69) is 48.5 Å². The summed E-state index contributed by atoms with van der Waals surface area (Å²) >= 11 is 0. The average molecular weight is 377 g/mol. The van der Waals surface area contributed by atoms with Crippen molar-refractivity contribution in [2.45, 2.75) is 32.7 Å². The lowest BCUT2D eigenvalue weighted by atomic mass is 10.0. The third kappa shape index (κ3) is 4.80. The highest BCUT2D eigenvalue weighted by molar-refractivity contribution is 5.86. The van der Waals surface area contributed by atoms with Gasteiger partial charge in [-0.25, -0.2) is 4.98 Å². The molecule has 0 aliphatic heterocycles. The zero-order valence-corrected chi connectivity index (χ0v) is 16.5. The van der Waals surface area contributed by atoms with E-state index in [1.54, 1.807) is 0 Å². The van der Waals surface area contributed by atoms with Crippen molar-refractivity contribution in [3.8, 4) is 5.75 Å². The standard InChI is InChI=1S/C23H27N3O2/c1-4-23(27)24-14-13-22-25-20-7-5-6-8-21(20)26(22)15-16-28-19-11-9-18(10-12-19)17(2)3/h4-12,17H,1,13-16H2,2-3H3,(H,24,27). The third-order valence-electron chi connectivity index (χ3n) is 4.70. The Hall–Kier alpha value is -3.08. The van der Waals surface area contributed by atoms with Crippen LogP contribution in [0.2, 0.25) is 0 Å². The van der Waals surface area contributed by atoms with Crippen molar-refractivity contribution in [1.29, 1.82) is 0 Å². The molecule has 1 heterocycles. The molecule has 0 saturated heterocycles. The molecule has 28 heavy (non-hydrogen) atoms.